The first kappa shape index (κ1) is 31.9. The van der Waals surface area contributed by atoms with Gasteiger partial charge >= 0.3 is 5.97 Å². The monoisotopic (exact) mass is 609 g/mol. The normalized spacial score (nSPS) is 33.9. The van der Waals surface area contributed by atoms with Crippen molar-refractivity contribution in [1.82, 2.24) is 15.1 Å². The zero-order valence-corrected chi connectivity index (χ0v) is 25.8. The van der Waals surface area contributed by atoms with Crippen molar-refractivity contribution in [3.05, 3.63) is 60.2 Å². The van der Waals surface area contributed by atoms with E-state index in [2.05, 4.69) is 5.32 Å². The molecule has 1 aromatic rings. The van der Waals surface area contributed by atoms with Crippen LogP contribution in [-0.2, 0) is 33.4 Å². The summed E-state index contributed by atoms with van der Waals surface area (Å²) in [4.78, 5) is 59.1. The van der Waals surface area contributed by atoms with Gasteiger partial charge in [0.25, 0.3) is 0 Å². The molecule has 0 saturated carbocycles. The molecule has 0 aromatic heterocycles. The lowest BCUT2D eigenvalue weighted by Crippen LogP contribution is -2.59. The molecule has 1 spiro atoms. The van der Waals surface area contributed by atoms with Crippen molar-refractivity contribution in [2.75, 3.05) is 26.9 Å². The smallest absolute Gasteiger partial charge is 0.313 e. The van der Waals surface area contributed by atoms with Gasteiger partial charge in [-0.1, -0.05) is 61.6 Å². The Morgan fingerprint density at radius 3 is 2.52 bits per heavy atom. The number of nitrogens with one attached hydrogen (secondary N) is 1. The van der Waals surface area contributed by atoms with Crippen LogP contribution in [-0.4, -0.2) is 101 Å². The minimum absolute atomic E-state index is 0.0770. The van der Waals surface area contributed by atoms with Gasteiger partial charge in [0.05, 0.1) is 37.3 Å². The Bertz CT molecular complexity index is 1290. The van der Waals surface area contributed by atoms with E-state index in [0.29, 0.717) is 18.4 Å². The number of likely N-dealkylation sites (tertiary alicyclic amines) is 1. The van der Waals surface area contributed by atoms with Gasteiger partial charge in [-0.3, -0.25) is 19.2 Å². The van der Waals surface area contributed by atoms with E-state index >= 15 is 0 Å². The predicted molar refractivity (Wildman–Crippen MR) is 160 cm³/mol. The fourth-order valence-electron chi connectivity index (χ4n) is 7.09. The maximum absolute atomic E-state index is 14.4. The first-order valence-electron chi connectivity index (χ1n) is 15.5. The van der Waals surface area contributed by atoms with Crippen molar-refractivity contribution in [3.8, 4) is 0 Å². The molecule has 4 heterocycles. The molecule has 238 valence electrons. The minimum atomic E-state index is -1.39. The number of aliphatic hydroxyl groups excluding tert-OH is 1. The van der Waals surface area contributed by atoms with Crippen LogP contribution in [0.3, 0.4) is 0 Å². The topological polar surface area (TPSA) is 135 Å². The van der Waals surface area contributed by atoms with Crippen LogP contribution in [0, 0.1) is 11.8 Å². The van der Waals surface area contributed by atoms with Crippen LogP contribution in [0.15, 0.2) is 54.6 Å². The standard InChI is InChI=1S/C33H43N3O8/c1-5-22(18-37)36-29-31(40)35(20(2)3)17-11-7-10-14-25(38)34-23(19-42-4)28(21-12-8-6-9-13-21)43-32(41)26-24-15-16-33(29,44-24)27(26)30(36)39/h6-9,11-13,15-16,20,22-24,26-29,37H,5,10,14,17-19H2,1-4H3,(H,34,38)/b11-7-/t22-,23+,24-,26+,27+,28+,29-,33+/m0/s1. The third-order valence-corrected chi connectivity index (χ3v) is 9.24. The molecule has 5 bridgehead atoms. The second-order valence-electron chi connectivity index (χ2n) is 12.2. The lowest BCUT2D eigenvalue weighted by molar-refractivity contribution is -0.163. The van der Waals surface area contributed by atoms with Crippen molar-refractivity contribution < 1.29 is 38.5 Å². The summed E-state index contributed by atoms with van der Waals surface area (Å²) in [5, 5.41) is 13.3. The Balaban J connectivity index is 1.62. The second-order valence-corrected chi connectivity index (χ2v) is 12.2. The van der Waals surface area contributed by atoms with Crippen LogP contribution in [0.25, 0.3) is 0 Å². The fraction of sp³-hybridized carbons (Fsp3) is 0.576. The van der Waals surface area contributed by atoms with E-state index in [1.807, 2.05) is 51.1 Å². The molecular weight excluding hydrogens is 566 g/mol. The van der Waals surface area contributed by atoms with E-state index in [0.717, 1.165) is 0 Å². The number of hydrogen-bond acceptors (Lipinski definition) is 8. The highest BCUT2D eigenvalue weighted by molar-refractivity contribution is 5.99. The number of benzene rings is 1. The lowest BCUT2D eigenvalue weighted by Gasteiger charge is -2.39. The van der Waals surface area contributed by atoms with Crippen LogP contribution in [0.5, 0.6) is 0 Å². The van der Waals surface area contributed by atoms with Gasteiger partial charge in [-0.15, -0.1) is 0 Å². The van der Waals surface area contributed by atoms with E-state index < -0.39 is 59.6 Å². The Morgan fingerprint density at radius 1 is 1.11 bits per heavy atom. The number of nitrogens with zero attached hydrogens (tertiary/aromatic N) is 2. The summed E-state index contributed by atoms with van der Waals surface area (Å²) in [5.41, 5.74) is -0.736. The third-order valence-electron chi connectivity index (χ3n) is 9.24. The number of fused-ring (bicyclic) bond motifs is 2. The molecule has 0 unspecified atom stereocenters. The largest absolute Gasteiger partial charge is 0.455 e. The van der Waals surface area contributed by atoms with Crippen molar-refractivity contribution in [3.63, 3.8) is 0 Å². The molecule has 11 heteroatoms. The van der Waals surface area contributed by atoms with Crippen molar-refractivity contribution in [2.24, 2.45) is 11.8 Å². The molecule has 1 aromatic carbocycles. The fourth-order valence-corrected chi connectivity index (χ4v) is 7.09. The van der Waals surface area contributed by atoms with E-state index in [1.165, 1.54) is 12.0 Å². The molecule has 3 amide bonds. The van der Waals surface area contributed by atoms with Gasteiger partial charge in [-0.2, -0.15) is 0 Å². The molecule has 2 fully saturated rings. The summed E-state index contributed by atoms with van der Waals surface area (Å²) in [6, 6.07) is 6.45. The summed E-state index contributed by atoms with van der Waals surface area (Å²) in [6.07, 6.45) is 6.53. The Kier molecular flexibility index (Phi) is 9.57. The number of rotatable bonds is 7. The quantitative estimate of drug-likeness (QED) is 0.354. The molecule has 4 aliphatic heterocycles. The van der Waals surface area contributed by atoms with Gasteiger partial charge in [0, 0.05) is 26.1 Å². The van der Waals surface area contributed by atoms with E-state index in [4.69, 9.17) is 14.2 Å². The number of hydrogen-bond donors (Lipinski definition) is 2. The van der Waals surface area contributed by atoms with Crippen LogP contribution >= 0.6 is 0 Å². The van der Waals surface area contributed by atoms with Crippen LogP contribution in [0.2, 0.25) is 0 Å². The Morgan fingerprint density at radius 2 is 1.86 bits per heavy atom. The molecule has 2 saturated heterocycles. The first-order valence-corrected chi connectivity index (χ1v) is 15.5. The highest BCUT2D eigenvalue weighted by atomic mass is 16.6. The average Bonchev–Trinajstić information content (AvgIpc) is 3.65. The molecule has 44 heavy (non-hydrogen) atoms. The third kappa shape index (κ3) is 5.57. The highest BCUT2D eigenvalue weighted by Crippen LogP contribution is 2.56. The van der Waals surface area contributed by atoms with Crippen LogP contribution < -0.4 is 5.32 Å². The number of esters is 1. The summed E-state index contributed by atoms with van der Waals surface area (Å²) in [5.74, 6) is -3.70. The second kappa shape index (κ2) is 13.2. The number of ether oxygens (including phenoxy) is 3. The number of cyclic esters (lactones) is 1. The van der Waals surface area contributed by atoms with Gasteiger partial charge in [0.2, 0.25) is 17.7 Å². The number of carbonyl (C=O) groups is 4. The molecule has 11 nitrogen and oxygen atoms in total. The molecule has 5 rings (SSSR count). The maximum atomic E-state index is 14.4. The molecule has 0 aliphatic carbocycles. The number of carbonyl (C=O) groups excluding carboxylic acids is 4. The van der Waals surface area contributed by atoms with Gasteiger partial charge in [-0.05, 0) is 32.3 Å². The van der Waals surface area contributed by atoms with E-state index in [-0.39, 0.29) is 44.0 Å². The minimum Gasteiger partial charge on any atom is -0.455 e. The molecular formula is C33H43N3O8. The Labute approximate surface area is 258 Å². The summed E-state index contributed by atoms with van der Waals surface area (Å²) in [6.45, 7) is 5.63. The zero-order valence-electron chi connectivity index (χ0n) is 25.8. The average molecular weight is 610 g/mol. The summed E-state index contributed by atoms with van der Waals surface area (Å²) in [7, 11) is 1.51. The first-order chi connectivity index (χ1) is 21.2. The molecule has 0 radical (unpaired) electrons. The summed E-state index contributed by atoms with van der Waals surface area (Å²) >= 11 is 0. The molecule has 2 N–H and O–H groups in total. The van der Waals surface area contributed by atoms with Gasteiger partial charge in [0.1, 0.15) is 23.7 Å². The van der Waals surface area contributed by atoms with Gasteiger partial charge in [0.15, 0.2) is 0 Å². The number of amides is 3. The maximum Gasteiger partial charge on any atom is 0.313 e. The summed E-state index contributed by atoms with van der Waals surface area (Å²) < 4.78 is 18.1. The van der Waals surface area contributed by atoms with Crippen molar-refractivity contribution in [1.29, 1.82) is 0 Å². The van der Waals surface area contributed by atoms with E-state index in [9.17, 15) is 24.3 Å². The Hall–Kier alpha value is -3.54. The molecule has 4 aliphatic rings. The van der Waals surface area contributed by atoms with Gasteiger partial charge in [-0.25, -0.2) is 0 Å². The highest BCUT2D eigenvalue weighted by Gasteiger charge is 2.74. The van der Waals surface area contributed by atoms with Crippen molar-refractivity contribution in [2.45, 2.75) is 82.0 Å². The number of aliphatic hydroxyl groups is 1. The number of methoxy groups -OCH3 is 1. The van der Waals surface area contributed by atoms with Gasteiger partial charge < -0.3 is 34.4 Å². The molecule has 8 atom stereocenters. The predicted octanol–water partition coefficient (Wildman–Crippen LogP) is 1.91. The van der Waals surface area contributed by atoms with Crippen LogP contribution in [0.1, 0.15) is 51.7 Å². The van der Waals surface area contributed by atoms with E-state index in [1.54, 1.807) is 29.2 Å². The zero-order chi connectivity index (χ0) is 31.6. The SMILES string of the molecule is CC[C@@H](CO)N1C(=O)[C@H]2[C@@H]3C(=O)O[C@H](c4ccccc4)[C@@H](COC)NC(=O)CC/C=C\CN(C(C)C)C(=O)[C@H]1[C@@]21C=C[C@@H]3O1. The van der Waals surface area contributed by atoms with Crippen molar-refractivity contribution >= 4 is 23.7 Å². The number of allylic oxidation sites excluding steroid dienone is 1. The van der Waals surface area contributed by atoms with Crippen LogP contribution in [0.4, 0.5) is 0 Å². The lowest BCUT2D eigenvalue weighted by atomic mass is 9.74.